The zero-order valence-electron chi connectivity index (χ0n) is 10.6. The van der Waals surface area contributed by atoms with Gasteiger partial charge in [-0.15, -0.1) is 0 Å². The first-order chi connectivity index (χ1) is 8.79. The van der Waals surface area contributed by atoms with Gasteiger partial charge in [0.15, 0.2) is 0 Å². The van der Waals surface area contributed by atoms with Gasteiger partial charge < -0.3 is 5.32 Å². The predicted octanol–water partition coefficient (Wildman–Crippen LogP) is 0.924. The molecule has 3 N–H and O–H groups in total. The van der Waals surface area contributed by atoms with Gasteiger partial charge in [-0.05, 0) is 25.5 Å². The molecule has 1 unspecified atom stereocenters. The Bertz CT molecular complexity index is 527. The molecule has 0 aliphatic rings. The molecule has 106 valence electrons. The quantitative estimate of drug-likeness (QED) is 0.439. The Morgan fingerprint density at radius 3 is 2.42 bits per heavy atom. The topological polar surface area (TPSA) is 115 Å². The van der Waals surface area contributed by atoms with Crippen molar-refractivity contribution in [1.29, 1.82) is 0 Å². The number of benzene rings is 1. The molecule has 19 heavy (non-hydrogen) atoms. The maximum Gasteiger partial charge on any atom is 0.269 e. The molecule has 0 radical (unpaired) electrons. The van der Waals surface area contributed by atoms with Crippen LogP contribution in [0.5, 0.6) is 0 Å². The Morgan fingerprint density at radius 1 is 1.37 bits per heavy atom. The van der Waals surface area contributed by atoms with Gasteiger partial charge in [0, 0.05) is 18.2 Å². The van der Waals surface area contributed by atoms with Crippen LogP contribution in [-0.2, 0) is 10.0 Å². The number of nitrogens with two attached hydrogens (primary N) is 1. The van der Waals surface area contributed by atoms with Crippen molar-refractivity contribution >= 4 is 15.7 Å². The zero-order valence-corrected chi connectivity index (χ0v) is 11.4. The number of nitro benzene ring substituents is 1. The van der Waals surface area contributed by atoms with E-state index in [2.05, 4.69) is 5.32 Å². The number of nitro groups is 1. The second-order valence-electron chi connectivity index (χ2n) is 4.24. The van der Waals surface area contributed by atoms with E-state index in [0.717, 1.165) is 5.56 Å². The molecule has 1 aromatic carbocycles. The molecule has 0 aliphatic carbocycles. The maximum absolute atomic E-state index is 10.7. The Balaban J connectivity index is 2.45. The van der Waals surface area contributed by atoms with Crippen LogP contribution in [0.1, 0.15) is 24.9 Å². The van der Waals surface area contributed by atoms with Crippen LogP contribution in [0.4, 0.5) is 5.69 Å². The first-order valence-corrected chi connectivity index (χ1v) is 7.49. The number of nitrogens with one attached hydrogen (secondary N) is 1. The lowest BCUT2D eigenvalue weighted by atomic mass is 10.1. The molecule has 0 heterocycles. The highest BCUT2D eigenvalue weighted by molar-refractivity contribution is 7.89. The monoisotopic (exact) mass is 287 g/mol. The Morgan fingerprint density at radius 2 is 1.95 bits per heavy atom. The summed E-state index contributed by atoms with van der Waals surface area (Å²) in [5.74, 6) is -0.0625. The fourth-order valence-corrected chi connectivity index (χ4v) is 2.14. The molecule has 0 saturated heterocycles. The predicted molar refractivity (Wildman–Crippen MR) is 72.1 cm³/mol. The SMILES string of the molecule is CC(NCCCS(N)(=O)=O)c1ccc([N+](=O)[O-])cc1. The summed E-state index contributed by atoms with van der Waals surface area (Å²) in [7, 11) is -3.42. The van der Waals surface area contributed by atoms with E-state index in [1.54, 1.807) is 12.1 Å². The molecular weight excluding hydrogens is 270 g/mol. The molecule has 1 aromatic rings. The molecule has 0 fully saturated rings. The summed E-state index contributed by atoms with van der Waals surface area (Å²) in [5, 5.41) is 18.5. The molecule has 1 rings (SSSR count). The molecule has 1 atom stereocenters. The summed E-state index contributed by atoms with van der Waals surface area (Å²) in [6.45, 7) is 2.41. The van der Waals surface area contributed by atoms with E-state index in [0.29, 0.717) is 13.0 Å². The van der Waals surface area contributed by atoms with Gasteiger partial charge >= 0.3 is 0 Å². The molecule has 0 aliphatic heterocycles. The molecule has 7 nitrogen and oxygen atoms in total. The number of hydrogen-bond donors (Lipinski definition) is 2. The van der Waals surface area contributed by atoms with Gasteiger partial charge in [-0.3, -0.25) is 10.1 Å². The minimum Gasteiger partial charge on any atom is -0.310 e. The second-order valence-corrected chi connectivity index (χ2v) is 5.98. The van der Waals surface area contributed by atoms with E-state index in [9.17, 15) is 18.5 Å². The lowest BCUT2D eigenvalue weighted by Gasteiger charge is -2.13. The number of nitrogens with zero attached hydrogens (tertiary/aromatic N) is 1. The highest BCUT2D eigenvalue weighted by Crippen LogP contribution is 2.17. The highest BCUT2D eigenvalue weighted by atomic mass is 32.2. The molecule has 0 saturated carbocycles. The zero-order chi connectivity index (χ0) is 14.5. The van der Waals surface area contributed by atoms with Crippen molar-refractivity contribution in [3.8, 4) is 0 Å². The molecule has 8 heteroatoms. The third-order valence-electron chi connectivity index (χ3n) is 2.66. The van der Waals surface area contributed by atoms with Crippen LogP contribution >= 0.6 is 0 Å². The summed E-state index contributed by atoms with van der Waals surface area (Å²) in [4.78, 5) is 10.1. The average Bonchev–Trinajstić information content (AvgIpc) is 2.33. The van der Waals surface area contributed by atoms with Gasteiger partial charge in [0.2, 0.25) is 10.0 Å². The highest BCUT2D eigenvalue weighted by Gasteiger charge is 2.09. The van der Waals surface area contributed by atoms with Gasteiger partial charge in [0.1, 0.15) is 0 Å². The van der Waals surface area contributed by atoms with Crippen molar-refractivity contribution in [2.24, 2.45) is 5.14 Å². The molecule has 0 spiro atoms. The fourth-order valence-electron chi connectivity index (χ4n) is 1.59. The van der Waals surface area contributed by atoms with Crippen LogP contribution in [0.25, 0.3) is 0 Å². The summed E-state index contributed by atoms with van der Waals surface area (Å²) < 4.78 is 21.5. The summed E-state index contributed by atoms with van der Waals surface area (Å²) in [5.41, 5.74) is 0.950. The van der Waals surface area contributed by atoms with Crippen LogP contribution in [0, 0.1) is 10.1 Å². The first kappa shape index (κ1) is 15.5. The number of non-ortho nitro benzene ring substituents is 1. The van der Waals surface area contributed by atoms with Crippen molar-refractivity contribution in [2.45, 2.75) is 19.4 Å². The van der Waals surface area contributed by atoms with Crippen LogP contribution in [0.2, 0.25) is 0 Å². The van der Waals surface area contributed by atoms with Gasteiger partial charge in [0.25, 0.3) is 5.69 Å². The minimum absolute atomic E-state index is 0.0127. The first-order valence-electron chi connectivity index (χ1n) is 5.78. The smallest absolute Gasteiger partial charge is 0.269 e. The van der Waals surface area contributed by atoms with Crippen LogP contribution in [0.3, 0.4) is 0 Å². The third-order valence-corrected chi connectivity index (χ3v) is 3.52. The van der Waals surface area contributed by atoms with Gasteiger partial charge in [-0.1, -0.05) is 12.1 Å². The van der Waals surface area contributed by atoms with Gasteiger partial charge in [-0.25, -0.2) is 13.6 Å². The van der Waals surface area contributed by atoms with E-state index in [-0.39, 0.29) is 17.5 Å². The van der Waals surface area contributed by atoms with E-state index in [1.807, 2.05) is 6.92 Å². The molecule has 0 aromatic heterocycles. The Labute approximate surface area is 112 Å². The summed E-state index contributed by atoms with van der Waals surface area (Å²) in [6.07, 6.45) is 0.427. The van der Waals surface area contributed by atoms with Crippen molar-refractivity contribution in [2.75, 3.05) is 12.3 Å². The summed E-state index contributed by atoms with van der Waals surface area (Å²) in [6, 6.07) is 6.22. The van der Waals surface area contributed by atoms with Gasteiger partial charge in [-0.2, -0.15) is 0 Å². The van der Waals surface area contributed by atoms with Crippen LogP contribution in [-0.4, -0.2) is 25.6 Å². The fraction of sp³-hybridized carbons (Fsp3) is 0.455. The average molecular weight is 287 g/mol. The largest absolute Gasteiger partial charge is 0.310 e. The molecule has 0 amide bonds. The van der Waals surface area contributed by atoms with E-state index >= 15 is 0 Å². The van der Waals surface area contributed by atoms with Crippen LogP contribution < -0.4 is 10.5 Å². The lowest BCUT2D eigenvalue weighted by molar-refractivity contribution is -0.384. The maximum atomic E-state index is 10.7. The van der Waals surface area contributed by atoms with Gasteiger partial charge in [0.05, 0.1) is 10.7 Å². The summed E-state index contributed by atoms with van der Waals surface area (Å²) >= 11 is 0. The second kappa shape index (κ2) is 6.60. The number of hydrogen-bond acceptors (Lipinski definition) is 5. The lowest BCUT2D eigenvalue weighted by Crippen LogP contribution is -2.24. The van der Waals surface area contributed by atoms with Crippen molar-refractivity contribution < 1.29 is 13.3 Å². The van der Waals surface area contributed by atoms with E-state index < -0.39 is 14.9 Å². The van der Waals surface area contributed by atoms with E-state index in [4.69, 9.17) is 5.14 Å². The van der Waals surface area contributed by atoms with Crippen molar-refractivity contribution in [3.63, 3.8) is 0 Å². The Kier molecular flexibility index (Phi) is 5.40. The number of primary sulfonamides is 1. The standard InChI is InChI=1S/C11H17N3O4S/c1-9(13-7-2-8-19(12,17)18)10-3-5-11(6-4-10)14(15)16/h3-6,9,13H,2,7-8H2,1H3,(H2,12,17,18). The molecule has 0 bridgehead atoms. The third kappa shape index (κ3) is 5.77. The minimum atomic E-state index is -3.42. The Hall–Kier alpha value is -1.51. The van der Waals surface area contributed by atoms with Crippen molar-refractivity contribution in [1.82, 2.24) is 5.32 Å². The normalized spacial score (nSPS) is 13.2. The van der Waals surface area contributed by atoms with Crippen LogP contribution in [0.15, 0.2) is 24.3 Å². The number of rotatable bonds is 7. The number of sulfonamides is 1. The van der Waals surface area contributed by atoms with Crippen molar-refractivity contribution in [3.05, 3.63) is 39.9 Å². The molecular formula is C11H17N3O4S. The van der Waals surface area contributed by atoms with E-state index in [1.165, 1.54) is 12.1 Å².